The molecule has 19 heavy (non-hydrogen) atoms. The van der Waals surface area contributed by atoms with Gasteiger partial charge in [-0.25, -0.2) is 0 Å². The molecule has 0 radical (unpaired) electrons. The lowest BCUT2D eigenvalue weighted by Crippen LogP contribution is -2.39. The second-order valence-corrected chi connectivity index (χ2v) is 7.70. The topological polar surface area (TPSA) is 66.4 Å². The third-order valence-electron chi connectivity index (χ3n) is 4.91. The Labute approximate surface area is 118 Å². The van der Waals surface area contributed by atoms with E-state index in [1.165, 1.54) is 12.8 Å². The highest BCUT2D eigenvalue weighted by atomic mass is 32.2. The van der Waals surface area contributed by atoms with E-state index in [2.05, 4.69) is 11.6 Å². The van der Waals surface area contributed by atoms with E-state index < -0.39 is 17.3 Å². The van der Waals surface area contributed by atoms with Crippen LogP contribution in [0.4, 0.5) is 0 Å². The summed E-state index contributed by atoms with van der Waals surface area (Å²) in [5.41, 5.74) is -0.405. The first-order valence-electron chi connectivity index (χ1n) is 6.90. The monoisotopic (exact) mass is 285 g/mol. The minimum atomic E-state index is -0.856. The van der Waals surface area contributed by atoms with Gasteiger partial charge >= 0.3 is 5.97 Å². The lowest BCUT2D eigenvalue weighted by Gasteiger charge is -2.27. The maximum Gasteiger partial charge on any atom is 0.307 e. The SMILES string of the molecule is CSC1(CNC(=O)[C@H]2[C@@H](C(=O)O)C2(C)C)CCCC1. The Balaban J connectivity index is 1.91. The van der Waals surface area contributed by atoms with Gasteiger partial charge in [0.05, 0.1) is 11.8 Å². The van der Waals surface area contributed by atoms with Crippen molar-refractivity contribution < 1.29 is 14.7 Å². The van der Waals surface area contributed by atoms with Crippen molar-refractivity contribution in [2.75, 3.05) is 12.8 Å². The number of amides is 1. The molecule has 0 aromatic heterocycles. The summed E-state index contributed by atoms with van der Waals surface area (Å²) in [5, 5.41) is 12.1. The molecule has 5 heteroatoms. The van der Waals surface area contributed by atoms with E-state index in [1.54, 1.807) is 0 Å². The number of rotatable bonds is 5. The Morgan fingerprint density at radius 3 is 2.26 bits per heavy atom. The van der Waals surface area contributed by atoms with Crippen LogP contribution in [0.5, 0.6) is 0 Å². The van der Waals surface area contributed by atoms with Gasteiger partial charge in [-0.3, -0.25) is 9.59 Å². The standard InChI is InChI=1S/C14H23NO3S/c1-13(2)9(10(13)12(17)18)11(16)15-8-14(19-3)6-4-5-7-14/h9-10H,4-8H2,1-3H3,(H,15,16)(H,17,18)/t9-,10+/m1/s1. The highest BCUT2D eigenvalue weighted by Crippen LogP contribution is 2.58. The average Bonchev–Trinajstić information content (AvgIpc) is 2.74. The van der Waals surface area contributed by atoms with Crippen LogP contribution in [0, 0.1) is 17.3 Å². The predicted molar refractivity (Wildman–Crippen MR) is 76.1 cm³/mol. The van der Waals surface area contributed by atoms with Crippen LogP contribution in [0.3, 0.4) is 0 Å². The van der Waals surface area contributed by atoms with Gasteiger partial charge in [0.25, 0.3) is 0 Å². The van der Waals surface area contributed by atoms with Crippen LogP contribution in [-0.2, 0) is 9.59 Å². The molecule has 0 aromatic carbocycles. The maximum absolute atomic E-state index is 12.2. The second-order valence-electron chi connectivity index (χ2n) is 6.43. The van der Waals surface area contributed by atoms with Crippen molar-refractivity contribution >= 4 is 23.6 Å². The van der Waals surface area contributed by atoms with Crippen LogP contribution in [0.15, 0.2) is 0 Å². The normalized spacial score (nSPS) is 30.9. The highest BCUT2D eigenvalue weighted by molar-refractivity contribution is 8.00. The van der Waals surface area contributed by atoms with Gasteiger partial charge in [0, 0.05) is 11.3 Å². The molecule has 2 aliphatic rings. The summed E-state index contributed by atoms with van der Waals surface area (Å²) in [5.74, 6) is -1.84. The molecule has 0 unspecified atom stereocenters. The zero-order valence-electron chi connectivity index (χ0n) is 11.9. The smallest absolute Gasteiger partial charge is 0.307 e. The number of hydrogen-bond acceptors (Lipinski definition) is 3. The summed E-state index contributed by atoms with van der Waals surface area (Å²) in [6.45, 7) is 4.39. The van der Waals surface area contributed by atoms with Crippen molar-refractivity contribution in [2.45, 2.75) is 44.3 Å². The summed E-state index contributed by atoms with van der Waals surface area (Å²) in [6, 6.07) is 0. The molecule has 2 N–H and O–H groups in total. The molecule has 108 valence electrons. The highest BCUT2D eigenvalue weighted by Gasteiger charge is 2.65. The Kier molecular flexibility index (Phi) is 3.87. The number of carbonyl (C=O) groups excluding carboxylic acids is 1. The van der Waals surface area contributed by atoms with E-state index in [0.29, 0.717) is 6.54 Å². The van der Waals surface area contributed by atoms with E-state index in [1.807, 2.05) is 25.6 Å². The van der Waals surface area contributed by atoms with E-state index in [-0.39, 0.29) is 16.6 Å². The van der Waals surface area contributed by atoms with Crippen molar-refractivity contribution in [3.8, 4) is 0 Å². The van der Waals surface area contributed by atoms with Crippen LogP contribution in [0.25, 0.3) is 0 Å². The molecule has 0 bridgehead atoms. The Morgan fingerprint density at radius 1 is 1.26 bits per heavy atom. The minimum absolute atomic E-state index is 0.0854. The molecule has 1 amide bonds. The van der Waals surface area contributed by atoms with Crippen molar-refractivity contribution in [1.82, 2.24) is 5.32 Å². The van der Waals surface area contributed by atoms with Crippen molar-refractivity contribution in [3.63, 3.8) is 0 Å². The fourth-order valence-electron chi connectivity index (χ4n) is 3.42. The summed E-state index contributed by atoms with van der Waals surface area (Å²) in [7, 11) is 0. The molecule has 4 nitrogen and oxygen atoms in total. The van der Waals surface area contributed by atoms with Crippen molar-refractivity contribution in [2.24, 2.45) is 17.3 Å². The average molecular weight is 285 g/mol. The number of thioether (sulfide) groups is 1. The zero-order valence-corrected chi connectivity index (χ0v) is 12.7. The zero-order chi connectivity index (χ0) is 14.3. The van der Waals surface area contributed by atoms with Gasteiger partial charge in [0.15, 0.2) is 0 Å². The molecule has 0 heterocycles. The van der Waals surface area contributed by atoms with Crippen LogP contribution >= 0.6 is 11.8 Å². The summed E-state index contributed by atoms with van der Waals surface area (Å²) in [6.07, 6.45) is 6.83. The predicted octanol–water partition coefficient (Wildman–Crippen LogP) is 2.14. The van der Waals surface area contributed by atoms with Crippen LogP contribution in [-0.4, -0.2) is 34.5 Å². The third-order valence-corrected chi connectivity index (χ3v) is 6.33. The van der Waals surface area contributed by atoms with Gasteiger partial charge in [0.1, 0.15) is 0 Å². The van der Waals surface area contributed by atoms with Gasteiger partial charge in [-0.15, -0.1) is 0 Å². The van der Waals surface area contributed by atoms with Crippen molar-refractivity contribution in [3.05, 3.63) is 0 Å². The first-order chi connectivity index (χ1) is 8.84. The van der Waals surface area contributed by atoms with Gasteiger partial charge in [-0.2, -0.15) is 11.8 Å². The number of nitrogens with one attached hydrogen (secondary N) is 1. The van der Waals surface area contributed by atoms with Crippen LogP contribution in [0.2, 0.25) is 0 Å². The minimum Gasteiger partial charge on any atom is -0.481 e. The molecule has 0 spiro atoms. The lowest BCUT2D eigenvalue weighted by molar-refractivity contribution is -0.140. The largest absolute Gasteiger partial charge is 0.481 e. The van der Waals surface area contributed by atoms with Crippen LogP contribution in [0.1, 0.15) is 39.5 Å². The summed E-state index contributed by atoms with van der Waals surface area (Å²) >= 11 is 1.83. The molecule has 2 fully saturated rings. The fourth-order valence-corrected chi connectivity index (χ4v) is 4.33. The summed E-state index contributed by atoms with van der Waals surface area (Å²) < 4.78 is 0.174. The van der Waals surface area contributed by atoms with E-state index in [9.17, 15) is 9.59 Å². The first kappa shape index (κ1) is 14.7. The molecular weight excluding hydrogens is 262 g/mol. The van der Waals surface area contributed by atoms with Gasteiger partial charge in [0.2, 0.25) is 5.91 Å². The molecule has 2 rings (SSSR count). The van der Waals surface area contributed by atoms with E-state index in [4.69, 9.17) is 5.11 Å². The van der Waals surface area contributed by atoms with Crippen molar-refractivity contribution in [1.29, 1.82) is 0 Å². The second kappa shape index (κ2) is 5.00. The number of hydrogen-bond donors (Lipinski definition) is 2. The number of carbonyl (C=O) groups is 2. The van der Waals surface area contributed by atoms with E-state index >= 15 is 0 Å². The van der Waals surface area contributed by atoms with Gasteiger partial charge in [-0.05, 0) is 24.5 Å². The fraction of sp³-hybridized carbons (Fsp3) is 0.857. The molecule has 2 saturated carbocycles. The molecule has 0 aliphatic heterocycles. The molecular formula is C14H23NO3S. The van der Waals surface area contributed by atoms with Crippen LogP contribution < -0.4 is 5.32 Å². The Morgan fingerprint density at radius 2 is 1.84 bits per heavy atom. The number of carboxylic acid groups (broad SMARTS) is 1. The summed E-state index contributed by atoms with van der Waals surface area (Å²) in [4.78, 5) is 23.3. The molecule has 0 aromatic rings. The maximum atomic E-state index is 12.2. The van der Waals surface area contributed by atoms with E-state index in [0.717, 1.165) is 12.8 Å². The number of carboxylic acids is 1. The third kappa shape index (κ3) is 2.62. The molecule has 2 aliphatic carbocycles. The first-order valence-corrected chi connectivity index (χ1v) is 8.12. The van der Waals surface area contributed by atoms with Gasteiger partial charge in [-0.1, -0.05) is 26.7 Å². The quantitative estimate of drug-likeness (QED) is 0.812. The molecule has 0 saturated heterocycles. The number of aliphatic carboxylic acids is 1. The Hall–Kier alpha value is -0.710. The lowest BCUT2D eigenvalue weighted by atomic mass is 10.1. The molecule has 2 atom stereocenters. The van der Waals surface area contributed by atoms with Gasteiger partial charge < -0.3 is 10.4 Å². The Bertz CT molecular complexity index is 388.